The molecule has 18 heavy (non-hydrogen) atoms. The molecular weight excluding hydrogens is 258 g/mol. The summed E-state index contributed by atoms with van der Waals surface area (Å²) in [5, 5.41) is 9.30. The van der Waals surface area contributed by atoms with Crippen LogP contribution in [0.3, 0.4) is 0 Å². The third kappa shape index (κ3) is 2.17. The van der Waals surface area contributed by atoms with Crippen LogP contribution in [0.2, 0.25) is 5.02 Å². The summed E-state index contributed by atoms with van der Waals surface area (Å²) in [5.74, 6) is -0.434. The maximum atomic E-state index is 10.8. The van der Waals surface area contributed by atoms with Gasteiger partial charge in [-0.15, -0.1) is 0 Å². The van der Waals surface area contributed by atoms with Crippen LogP contribution in [-0.4, -0.2) is 23.2 Å². The number of aryl methyl sites for hydroxylation is 1. The predicted octanol–water partition coefficient (Wildman–Crippen LogP) is 3.01. The minimum Gasteiger partial charge on any atom is -0.496 e. The number of carboxylic acids is 1. The summed E-state index contributed by atoms with van der Waals surface area (Å²) in [6.45, 7) is 1.83. The van der Waals surface area contributed by atoms with Gasteiger partial charge < -0.3 is 14.3 Å². The van der Waals surface area contributed by atoms with E-state index in [9.17, 15) is 4.79 Å². The van der Waals surface area contributed by atoms with Crippen molar-refractivity contribution in [2.75, 3.05) is 7.11 Å². The Balaban J connectivity index is 2.58. The lowest BCUT2D eigenvalue weighted by atomic mass is 10.1. The fraction of sp³-hybridized carbons (Fsp3) is 0.167. The highest BCUT2D eigenvalue weighted by Crippen LogP contribution is 2.35. The number of oxazole rings is 1. The lowest BCUT2D eigenvalue weighted by Gasteiger charge is -2.09. The normalized spacial score (nSPS) is 10.4. The Labute approximate surface area is 108 Å². The van der Waals surface area contributed by atoms with E-state index in [1.165, 1.54) is 7.11 Å². The van der Waals surface area contributed by atoms with E-state index in [-0.39, 0.29) is 11.6 Å². The molecule has 5 nitrogen and oxygen atoms in total. The van der Waals surface area contributed by atoms with E-state index < -0.39 is 5.97 Å². The lowest BCUT2D eigenvalue weighted by Crippen LogP contribution is -1.96. The van der Waals surface area contributed by atoms with Crippen molar-refractivity contribution in [3.63, 3.8) is 0 Å². The highest BCUT2D eigenvalue weighted by Gasteiger charge is 2.17. The number of halogens is 1. The van der Waals surface area contributed by atoms with Gasteiger partial charge in [-0.05, 0) is 24.6 Å². The van der Waals surface area contributed by atoms with Crippen LogP contribution >= 0.6 is 11.6 Å². The minimum absolute atomic E-state index is 0.162. The standard InChI is InChI=1S/C12H10ClNO4/c1-6-3-7(13)4-8(10(6)17-2)11-14-9(5-18-11)12(15)16/h3-5H,1-2H3,(H,15,16). The van der Waals surface area contributed by atoms with E-state index in [4.69, 9.17) is 25.9 Å². The van der Waals surface area contributed by atoms with Gasteiger partial charge in [0.05, 0.1) is 12.7 Å². The second-order valence-electron chi connectivity index (χ2n) is 3.65. The number of aromatic carboxylic acids is 1. The maximum absolute atomic E-state index is 10.8. The minimum atomic E-state index is -1.15. The summed E-state index contributed by atoms with van der Waals surface area (Å²) in [6.07, 6.45) is 1.08. The first-order chi connectivity index (χ1) is 8.52. The van der Waals surface area contributed by atoms with Crippen LogP contribution in [0.5, 0.6) is 5.75 Å². The first-order valence-electron chi connectivity index (χ1n) is 5.06. The van der Waals surface area contributed by atoms with Gasteiger partial charge in [0.15, 0.2) is 5.69 Å². The second-order valence-corrected chi connectivity index (χ2v) is 4.08. The monoisotopic (exact) mass is 267 g/mol. The summed E-state index contributed by atoms with van der Waals surface area (Å²) < 4.78 is 10.4. The molecule has 0 aliphatic rings. The van der Waals surface area contributed by atoms with Gasteiger partial charge in [0.1, 0.15) is 12.0 Å². The number of carbonyl (C=O) groups is 1. The molecule has 1 aromatic carbocycles. The zero-order chi connectivity index (χ0) is 13.3. The first kappa shape index (κ1) is 12.4. The fourth-order valence-corrected chi connectivity index (χ4v) is 1.93. The summed E-state index contributed by atoms with van der Waals surface area (Å²) >= 11 is 5.96. The van der Waals surface area contributed by atoms with Crippen LogP contribution in [0.1, 0.15) is 16.1 Å². The average molecular weight is 268 g/mol. The number of ether oxygens (including phenoxy) is 1. The SMILES string of the molecule is COc1c(C)cc(Cl)cc1-c1nc(C(=O)O)co1. The number of hydrogen-bond donors (Lipinski definition) is 1. The van der Waals surface area contributed by atoms with Gasteiger partial charge in [-0.3, -0.25) is 0 Å². The predicted molar refractivity (Wildman–Crippen MR) is 65.2 cm³/mol. The van der Waals surface area contributed by atoms with Crippen molar-refractivity contribution in [2.45, 2.75) is 6.92 Å². The summed E-state index contributed by atoms with van der Waals surface area (Å²) in [7, 11) is 1.51. The molecule has 2 aromatic rings. The molecule has 0 amide bonds. The summed E-state index contributed by atoms with van der Waals surface area (Å²) in [6, 6.07) is 3.36. The molecule has 0 spiro atoms. The van der Waals surface area contributed by atoms with Gasteiger partial charge in [-0.25, -0.2) is 9.78 Å². The van der Waals surface area contributed by atoms with Crippen LogP contribution in [-0.2, 0) is 0 Å². The van der Waals surface area contributed by atoms with E-state index in [0.29, 0.717) is 16.3 Å². The van der Waals surface area contributed by atoms with E-state index >= 15 is 0 Å². The van der Waals surface area contributed by atoms with Gasteiger partial charge >= 0.3 is 5.97 Å². The Morgan fingerprint density at radius 1 is 1.50 bits per heavy atom. The number of aromatic nitrogens is 1. The Morgan fingerprint density at radius 3 is 2.78 bits per heavy atom. The van der Waals surface area contributed by atoms with E-state index in [2.05, 4.69) is 4.98 Å². The number of carboxylic acid groups (broad SMARTS) is 1. The van der Waals surface area contributed by atoms with Gasteiger partial charge in [-0.2, -0.15) is 0 Å². The smallest absolute Gasteiger partial charge is 0.357 e. The molecule has 0 bridgehead atoms. The molecule has 1 heterocycles. The number of benzene rings is 1. The molecule has 0 saturated carbocycles. The Morgan fingerprint density at radius 2 is 2.22 bits per heavy atom. The molecule has 0 unspecified atom stereocenters. The lowest BCUT2D eigenvalue weighted by molar-refractivity contribution is 0.0690. The van der Waals surface area contributed by atoms with Crippen LogP contribution < -0.4 is 4.74 Å². The quantitative estimate of drug-likeness (QED) is 0.925. The third-order valence-corrected chi connectivity index (χ3v) is 2.62. The Hall–Kier alpha value is -2.01. The molecule has 1 N–H and O–H groups in total. The fourth-order valence-electron chi connectivity index (χ4n) is 1.66. The highest BCUT2D eigenvalue weighted by molar-refractivity contribution is 6.31. The first-order valence-corrected chi connectivity index (χ1v) is 5.44. The maximum Gasteiger partial charge on any atom is 0.357 e. The van der Waals surface area contributed by atoms with Crippen molar-refractivity contribution in [3.05, 3.63) is 34.7 Å². The summed E-state index contributed by atoms with van der Waals surface area (Å²) in [5.41, 5.74) is 1.18. The second kappa shape index (κ2) is 4.70. The van der Waals surface area contributed by atoms with Crippen LogP contribution in [0.25, 0.3) is 11.5 Å². The Bertz CT molecular complexity index is 606. The van der Waals surface area contributed by atoms with Crippen LogP contribution in [0.4, 0.5) is 0 Å². The zero-order valence-corrected chi connectivity index (χ0v) is 10.5. The molecule has 0 atom stereocenters. The van der Waals surface area contributed by atoms with Crippen molar-refractivity contribution in [1.82, 2.24) is 4.98 Å². The third-order valence-electron chi connectivity index (χ3n) is 2.40. The number of nitrogens with zero attached hydrogens (tertiary/aromatic N) is 1. The number of methoxy groups -OCH3 is 1. The number of hydrogen-bond acceptors (Lipinski definition) is 4. The van der Waals surface area contributed by atoms with Gasteiger partial charge in [0.25, 0.3) is 0 Å². The van der Waals surface area contributed by atoms with Crippen molar-refractivity contribution in [2.24, 2.45) is 0 Å². The number of rotatable bonds is 3. The van der Waals surface area contributed by atoms with Crippen molar-refractivity contribution in [1.29, 1.82) is 0 Å². The largest absolute Gasteiger partial charge is 0.496 e. The van der Waals surface area contributed by atoms with Crippen LogP contribution in [0.15, 0.2) is 22.8 Å². The van der Waals surface area contributed by atoms with E-state index in [1.807, 2.05) is 6.92 Å². The highest BCUT2D eigenvalue weighted by atomic mass is 35.5. The van der Waals surface area contributed by atoms with E-state index in [1.54, 1.807) is 12.1 Å². The molecule has 94 valence electrons. The summed E-state index contributed by atoms with van der Waals surface area (Å²) in [4.78, 5) is 14.6. The zero-order valence-electron chi connectivity index (χ0n) is 9.73. The molecule has 1 aromatic heterocycles. The van der Waals surface area contributed by atoms with Gasteiger partial charge in [0, 0.05) is 5.02 Å². The molecular formula is C12H10ClNO4. The molecule has 0 radical (unpaired) electrons. The van der Waals surface area contributed by atoms with E-state index in [0.717, 1.165) is 11.8 Å². The molecule has 0 saturated heterocycles. The molecule has 6 heteroatoms. The molecule has 0 aliphatic carbocycles. The van der Waals surface area contributed by atoms with Gasteiger partial charge in [-0.1, -0.05) is 11.6 Å². The topological polar surface area (TPSA) is 72.6 Å². The van der Waals surface area contributed by atoms with Crippen LogP contribution in [0, 0.1) is 6.92 Å². The van der Waals surface area contributed by atoms with Crippen molar-refractivity contribution < 1.29 is 19.1 Å². The average Bonchev–Trinajstić information content (AvgIpc) is 2.77. The van der Waals surface area contributed by atoms with Gasteiger partial charge in [0.2, 0.25) is 5.89 Å². The van der Waals surface area contributed by atoms with Crippen molar-refractivity contribution >= 4 is 17.6 Å². The molecule has 2 rings (SSSR count). The van der Waals surface area contributed by atoms with Crippen molar-refractivity contribution in [3.8, 4) is 17.2 Å². The molecule has 0 fully saturated rings. The Kier molecular flexibility index (Phi) is 3.25. The molecule has 0 aliphatic heterocycles.